The predicted molar refractivity (Wildman–Crippen MR) is 90.5 cm³/mol. The first-order chi connectivity index (χ1) is 12.1. The van der Waals surface area contributed by atoms with E-state index in [1.807, 2.05) is 4.90 Å². The normalized spacial score (nSPS) is 15.2. The largest absolute Gasteiger partial charge is 0.351 e. The second-order valence-corrected chi connectivity index (χ2v) is 6.32. The van der Waals surface area contributed by atoms with Crippen molar-refractivity contribution in [1.82, 2.24) is 30.4 Å². The molecule has 1 saturated heterocycles. The van der Waals surface area contributed by atoms with E-state index in [0.29, 0.717) is 18.2 Å². The molecule has 0 radical (unpaired) electrons. The number of aromatic nitrogens is 4. The average Bonchev–Trinajstić information content (AvgIpc) is 3.16. The summed E-state index contributed by atoms with van der Waals surface area (Å²) in [5.41, 5.74) is 2.24. The number of nitrogens with one attached hydrogen (secondary N) is 2. The minimum absolute atomic E-state index is 0.0121. The first-order valence-corrected chi connectivity index (χ1v) is 8.44. The standard InChI is InChI=1S/C17H22N6O2/c1-12(24)18-10-15-11-19-14(9-20-15)8-13-3-6-23(7-4-13)17(25)16-2-5-21-22-16/h2,5,9,11,13H,3-4,6-8,10H2,1H3,(H,18,24)(H,21,22). The molecular formula is C17H22N6O2. The fourth-order valence-electron chi connectivity index (χ4n) is 2.97. The lowest BCUT2D eigenvalue weighted by Crippen LogP contribution is -2.39. The van der Waals surface area contributed by atoms with Gasteiger partial charge in [-0.2, -0.15) is 5.10 Å². The van der Waals surface area contributed by atoms with E-state index in [4.69, 9.17) is 0 Å². The van der Waals surface area contributed by atoms with Crippen LogP contribution >= 0.6 is 0 Å². The van der Waals surface area contributed by atoms with Crippen LogP contribution in [0.2, 0.25) is 0 Å². The topological polar surface area (TPSA) is 104 Å². The Morgan fingerprint density at radius 2 is 1.96 bits per heavy atom. The van der Waals surface area contributed by atoms with Crippen LogP contribution in [0.3, 0.4) is 0 Å². The molecule has 0 aliphatic carbocycles. The van der Waals surface area contributed by atoms with Crippen molar-refractivity contribution in [1.29, 1.82) is 0 Å². The summed E-state index contributed by atoms with van der Waals surface area (Å²) in [6, 6.07) is 1.70. The van der Waals surface area contributed by atoms with E-state index in [1.54, 1.807) is 24.7 Å². The lowest BCUT2D eigenvalue weighted by atomic mass is 9.92. The van der Waals surface area contributed by atoms with E-state index >= 15 is 0 Å². The molecule has 0 spiro atoms. The number of hydrogen-bond donors (Lipinski definition) is 2. The predicted octanol–water partition coefficient (Wildman–Crippen LogP) is 0.931. The van der Waals surface area contributed by atoms with E-state index in [2.05, 4.69) is 25.5 Å². The molecule has 8 heteroatoms. The van der Waals surface area contributed by atoms with E-state index < -0.39 is 0 Å². The molecule has 2 aromatic rings. The highest BCUT2D eigenvalue weighted by atomic mass is 16.2. The zero-order valence-corrected chi connectivity index (χ0v) is 14.2. The van der Waals surface area contributed by atoms with Gasteiger partial charge in [0.15, 0.2) is 0 Å². The number of rotatable bonds is 5. The maximum Gasteiger partial charge on any atom is 0.271 e. The fourth-order valence-corrected chi connectivity index (χ4v) is 2.97. The third-order valence-corrected chi connectivity index (χ3v) is 4.41. The summed E-state index contributed by atoms with van der Waals surface area (Å²) in [7, 11) is 0. The monoisotopic (exact) mass is 342 g/mol. The van der Waals surface area contributed by atoms with Crippen molar-refractivity contribution >= 4 is 11.8 Å². The summed E-state index contributed by atoms with van der Waals surface area (Å²) in [6.07, 6.45) is 7.85. The highest BCUT2D eigenvalue weighted by Crippen LogP contribution is 2.21. The third kappa shape index (κ3) is 4.62. The fraction of sp³-hybridized carbons (Fsp3) is 0.471. The van der Waals surface area contributed by atoms with Gasteiger partial charge >= 0.3 is 0 Å². The quantitative estimate of drug-likeness (QED) is 0.841. The Bertz CT molecular complexity index is 705. The number of hydrogen-bond acceptors (Lipinski definition) is 5. The van der Waals surface area contributed by atoms with Gasteiger partial charge in [0.25, 0.3) is 5.91 Å². The van der Waals surface area contributed by atoms with Gasteiger partial charge in [-0.1, -0.05) is 0 Å². The van der Waals surface area contributed by atoms with Crippen LogP contribution in [0.5, 0.6) is 0 Å². The molecule has 3 heterocycles. The van der Waals surface area contributed by atoms with Crippen LogP contribution in [-0.4, -0.2) is 50.0 Å². The molecule has 0 atom stereocenters. The van der Waals surface area contributed by atoms with Crippen molar-refractivity contribution in [2.75, 3.05) is 13.1 Å². The van der Waals surface area contributed by atoms with Crippen molar-refractivity contribution in [3.63, 3.8) is 0 Å². The number of carbonyl (C=O) groups excluding carboxylic acids is 2. The Morgan fingerprint density at radius 1 is 1.24 bits per heavy atom. The Kier molecular flexibility index (Phi) is 5.37. The number of amides is 2. The van der Waals surface area contributed by atoms with Gasteiger partial charge in [0.05, 0.1) is 24.1 Å². The molecule has 0 unspecified atom stereocenters. The summed E-state index contributed by atoms with van der Waals surface area (Å²) in [4.78, 5) is 33.8. The van der Waals surface area contributed by atoms with Crippen LogP contribution in [0.1, 0.15) is 41.6 Å². The third-order valence-electron chi connectivity index (χ3n) is 4.41. The molecule has 0 bridgehead atoms. The van der Waals surface area contributed by atoms with Crippen LogP contribution in [0, 0.1) is 5.92 Å². The molecule has 2 amide bonds. The van der Waals surface area contributed by atoms with Crippen molar-refractivity contribution in [2.24, 2.45) is 5.92 Å². The molecule has 8 nitrogen and oxygen atoms in total. The maximum atomic E-state index is 12.3. The van der Waals surface area contributed by atoms with Gasteiger partial charge in [-0.3, -0.25) is 24.7 Å². The zero-order valence-electron chi connectivity index (χ0n) is 14.2. The molecule has 2 aromatic heterocycles. The molecule has 0 aromatic carbocycles. The molecule has 25 heavy (non-hydrogen) atoms. The van der Waals surface area contributed by atoms with Crippen molar-refractivity contribution < 1.29 is 9.59 Å². The summed E-state index contributed by atoms with van der Waals surface area (Å²) < 4.78 is 0. The zero-order chi connectivity index (χ0) is 17.6. The average molecular weight is 342 g/mol. The number of piperidine rings is 1. The summed E-state index contributed by atoms with van der Waals surface area (Å²) in [6.45, 7) is 3.37. The van der Waals surface area contributed by atoms with Crippen LogP contribution < -0.4 is 5.32 Å². The van der Waals surface area contributed by atoms with Gasteiger partial charge in [0.1, 0.15) is 5.69 Å². The van der Waals surface area contributed by atoms with Crippen LogP contribution in [0.25, 0.3) is 0 Å². The molecule has 132 valence electrons. The van der Waals surface area contributed by atoms with Crippen LogP contribution in [-0.2, 0) is 17.8 Å². The summed E-state index contributed by atoms with van der Waals surface area (Å²) >= 11 is 0. The van der Waals surface area contributed by atoms with Crippen molar-refractivity contribution in [3.8, 4) is 0 Å². The molecule has 1 aliphatic rings. The minimum atomic E-state index is -0.0812. The number of aromatic amines is 1. The summed E-state index contributed by atoms with van der Waals surface area (Å²) in [5.74, 6) is 0.432. The van der Waals surface area contributed by atoms with Gasteiger partial charge in [-0.25, -0.2) is 0 Å². The minimum Gasteiger partial charge on any atom is -0.351 e. The van der Waals surface area contributed by atoms with Gasteiger partial charge in [0, 0.05) is 32.4 Å². The first-order valence-electron chi connectivity index (χ1n) is 8.44. The van der Waals surface area contributed by atoms with E-state index in [9.17, 15) is 9.59 Å². The Balaban J connectivity index is 1.47. The number of nitrogens with zero attached hydrogens (tertiary/aromatic N) is 4. The van der Waals surface area contributed by atoms with Gasteiger partial charge in [0.2, 0.25) is 5.91 Å². The maximum absolute atomic E-state index is 12.3. The Labute approximate surface area is 146 Å². The lowest BCUT2D eigenvalue weighted by molar-refractivity contribution is -0.119. The van der Waals surface area contributed by atoms with Crippen LogP contribution in [0.15, 0.2) is 24.7 Å². The van der Waals surface area contributed by atoms with Crippen molar-refractivity contribution in [2.45, 2.75) is 32.7 Å². The summed E-state index contributed by atoms with van der Waals surface area (Å²) in [5, 5.41) is 9.25. The Morgan fingerprint density at radius 3 is 2.56 bits per heavy atom. The van der Waals surface area contributed by atoms with E-state index in [-0.39, 0.29) is 11.8 Å². The molecule has 1 aliphatic heterocycles. The highest BCUT2D eigenvalue weighted by Gasteiger charge is 2.24. The number of likely N-dealkylation sites (tertiary alicyclic amines) is 1. The second-order valence-electron chi connectivity index (χ2n) is 6.32. The number of H-pyrrole nitrogens is 1. The number of carbonyl (C=O) groups is 2. The molecule has 0 saturated carbocycles. The highest BCUT2D eigenvalue weighted by molar-refractivity contribution is 5.92. The molecule has 3 rings (SSSR count). The smallest absolute Gasteiger partial charge is 0.271 e. The molecule has 2 N–H and O–H groups in total. The van der Waals surface area contributed by atoms with Gasteiger partial charge in [-0.05, 0) is 31.2 Å². The molecule has 1 fully saturated rings. The molecular weight excluding hydrogens is 320 g/mol. The van der Waals surface area contributed by atoms with Crippen molar-refractivity contribution in [3.05, 3.63) is 41.7 Å². The van der Waals surface area contributed by atoms with Crippen LogP contribution in [0.4, 0.5) is 0 Å². The van der Waals surface area contributed by atoms with E-state index in [1.165, 1.54) is 6.92 Å². The Hall–Kier alpha value is -2.77. The van der Waals surface area contributed by atoms with Gasteiger partial charge in [-0.15, -0.1) is 0 Å². The second kappa shape index (κ2) is 7.87. The van der Waals surface area contributed by atoms with E-state index in [0.717, 1.165) is 43.7 Å². The van der Waals surface area contributed by atoms with Gasteiger partial charge < -0.3 is 10.2 Å². The SMILES string of the molecule is CC(=O)NCc1cnc(CC2CCN(C(=O)c3ccn[nH]3)CC2)cn1. The first kappa shape index (κ1) is 17.1. The lowest BCUT2D eigenvalue weighted by Gasteiger charge is -2.31.